The van der Waals surface area contributed by atoms with E-state index >= 15 is 0 Å². The first-order chi connectivity index (χ1) is 9.71. The molecule has 0 radical (unpaired) electrons. The number of hydrogen-bond acceptors (Lipinski definition) is 3. The monoisotopic (exact) mass is 276 g/mol. The summed E-state index contributed by atoms with van der Waals surface area (Å²) in [6, 6.07) is 4.93. The summed E-state index contributed by atoms with van der Waals surface area (Å²) in [5.41, 5.74) is 1.25. The van der Waals surface area contributed by atoms with Crippen molar-refractivity contribution in [2.24, 2.45) is 0 Å². The van der Waals surface area contributed by atoms with Crippen LogP contribution < -0.4 is 15.4 Å². The molecule has 0 aliphatic heterocycles. The number of aliphatic hydroxyl groups excluding tert-OH is 1. The van der Waals surface area contributed by atoms with Crippen molar-refractivity contribution >= 4 is 11.7 Å². The van der Waals surface area contributed by atoms with Gasteiger partial charge in [0.2, 0.25) is 0 Å². The van der Waals surface area contributed by atoms with Crippen LogP contribution in [-0.4, -0.2) is 31.4 Å². The molecule has 0 fully saturated rings. The summed E-state index contributed by atoms with van der Waals surface area (Å²) in [6.07, 6.45) is 1.96. The summed E-state index contributed by atoms with van der Waals surface area (Å²) in [4.78, 5) is 11.7. The van der Waals surface area contributed by atoms with Gasteiger partial charge in [-0.25, -0.2) is 4.79 Å². The maximum atomic E-state index is 11.7. The molecule has 2 amide bonds. The molecule has 5 nitrogen and oxygen atoms in total. The lowest BCUT2D eigenvalue weighted by Gasteiger charge is -2.11. The lowest BCUT2D eigenvalue weighted by molar-refractivity contribution is 0.252. The highest BCUT2D eigenvalue weighted by Crippen LogP contribution is 2.25. The van der Waals surface area contributed by atoms with Gasteiger partial charge in [0.15, 0.2) is 0 Å². The molecule has 0 saturated carbocycles. The zero-order chi connectivity index (χ0) is 14.8. The zero-order valence-electron chi connectivity index (χ0n) is 11.8. The first-order valence-corrected chi connectivity index (χ1v) is 6.53. The van der Waals surface area contributed by atoms with Crippen LogP contribution >= 0.6 is 0 Å². The van der Waals surface area contributed by atoms with Crippen molar-refractivity contribution in [2.45, 2.75) is 19.8 Å². The first kappa shape index (κ1) is 15.9. The van der Waals surface area contributed by atoms with Crippen LogP contribution in [-0.2, 0) is 0 Å². The largest absolute Gasteiger partial charge is 0.495 e. The molecule has 3 N–H and O–H groups in total. The van der Waals surface area contributed by atoms with E-state index in [1.54, 1.807) is 18.2 Å². The number of anilines is 1. The van der Waals surface area contributed by atoms with Gasteiger partial charge in [-0.15, -0.1) is 0 Å². The van der Waals surface area contributed by atoms with Crippen molar-refractivity contribution in [1.82, 2.24) is 5.32 Å². The third-order valence-electron chi connectivity index (χ3n) is 2.58. The summed E-state index contributed by atoms with van der Waals surface area (Å²) in [7, 11) is 1.54. The average molecular weight is 276 g/mol. The number of nitrogens with one attached hydrogen (secondary N) is 2. The molecular weight excluding hydrogens is 256 g/mol. The molecule has 0 spiro atoms. The Morgan fingerprint density at radius 1 is 1.45 bits per heavy atom. The second kappa shape index (κ2) is 8.83. The Morgan fingerprint density at radius 3 is 2.90 bits per heavy atom. The van der Waals surface area contributed by atoms with Crippen LogP contribution in [0, 0.1) is 11.8 Å². The summed E-state index contributed by atoms with van der Waals surface area (Å²) in [5, 5.41) is 14.2. The minimum atomic E-state index is -0.274. The molecule has 1 aromatic carbocycles. The van der Waals surface area contributed by atoms with Crippen molar-refractivity contribution in [1.29, 1.82) is 0 Å². The number of amides is 2. The fourth-order valence-electron chi connectivity index (χ4n) is 1.57. The Labute approximate surface area is 119 Å². The fourth-order valence-corrected chi connectivity index (χ4v) is 1.57. The van der Waals surface area contributed by atoms with E-state index in [2.05, 4.69) is 29.4 Å². The van der Waals surface area contributed by atoms with Crippen LogP contribution in [0.4, 0.5) is 10.5 Å². The Balaban J connectivity index is 2.77. The van der Waals surface area contributed by atoms with E-state index in [0.29, 0.717) is 23.5 Å². The number of hydrogen-bond donors (Lipinski definition) is 3. The van der Waals surface area contributed by atoms with Gasteiger partial charge in [-0.3, -0.25) is 0 Å². The van der Waals surface area contributed by atoms with E-state index in [9.17, 15) is 4.79 Å². The summed E-state index contributed by atoms with van der Waals surface area (Å²) in [5.74, 6) is 5.91. The third kappa shape index (κ3) is 5.21. The topological polar surface area (TPSA) is 70.6 Å². The van der Waals surface area contributed by atoms with Crippen LogP contribution in [0.2, 0.25) is 0 Å². The molecule has 108 valence electrons. The smallest absolute Gasteiger partial charge is 0.319 e. The minimum absolute atomic E-state index is 0.202. The Hall–Kier alpha value is -2.19. The molecule has 0 saturated heterocycles. The lowest BCUT2D eigenvalue weighted by atomic mass is 10.2. The first-order valence-electron chi connectivity index (χ1n) is 6.53. The summed E-state index contributed by atoms with van der Waals surface area (Å²) < 4.78 is 5.19. The average Bonchev–Trinajstić information content (AvgIpc) is 2.45. The SMILES string of the molecule is CCCCNC(=O)Nc1cc(C#CCO)ccc1OC. The molecular formula is C15H20N2O3. The molecule has 0 atom stereocenters. The number of rotatable bonds is 5. The number of benzene rings is 1. The van der Waals surface area contributed by atoms with Crippen molar-refractivity contribution in [3.63, 3.8) is 0 Å². The number of carbonyl (C=O) groups excluding carboxylic acids is 1. The van der Waals surface area contributed by atoms with E-state index < -0.39 is 0 Å². The zero-order valence-corrected chi connectivity index (χ0v) is 11.8. The van der Waals surface area contributed by atoms with Gasteiger partial charge in [0.25, 0.3) is 0 Å². The van der Waals surface area contributed by atoms with Crippen LogP contribution in [0.3, 0.4) is 0 Å². The Morgan fingerprint density at radius 2 is 2.25 bits per heavy atom. The minimum Gasteiger partial charge on any atom is -0.495 e. The fraction of sp³-hybridized carbons (Fsp3) is 0.400. The summed E-state index contributed by atoms with van der Waals surface area (Å²) in [6.45, 7) is 2.49. The van der Waals surface area contributed by atoms with Gasteiger partial charge >= 0.3 is 6.03 Å². The molecule has 0 aromatic heterocycles. The van der Waals surface area contributed by atoms with Gasteiger partial charge in [0.1, 0.15) is 12.4 Å². The predicted octanol–water partition coefficient (Wildman–Crippen LogP) is 1.96. The van der Waals surface area contributed by atoms with Gasteiger partial charge in [0, 0.05) is 12.1 Å². The van der Waals surface area contributed by atoms with Gasteiger partial charge in [0.05, 0.1) is 12.8 Å². The van der Waals surface area contributed by atoms with Crippen molar-refractivity contribution < 1.29 is 14.6 Å². The Kier molecular flexibility index (Phi) is 7.01. The van der Waals surface area contributed by atoms with E-state index in [0.717, 1.165) is 12.8 Å². The maximum absolute atomic E-state index is 11.7. The summed E-state index contributed by atoms with van der Waals surface area (Å²) >= 11 is 0. The van der Waals surface area contributed by atoms with E-state index in [4.69, 9.17) is 9.84 Å². The number of aliphatic hydroxyl groups is 1. The highest BCUT2D eigenvalue weighted by atomic mass is 16.5. The predicted molar refractivity (Wildman–Crippen MR) is 78.9 cm³/mol. The van der Waals surface area contributed by atoms with E-state index in [1.165, 1.54) is 7.11 Å². The molecule has 0 unspecified atom stereocenters. The number of urea groups is 1. The second-order valence-corrected chi connectivity index (χ2v) is 4.11. The highest BCUT2D eigenvalue weighted by molar-refractivity contribution is 5.91. The van der Waals surface area contributed by atoms with Crippen LogP contribution in [0.25, 0.3) is 0 Å². The molecule has 5 heteroatoms. The molecule has 0 heterocycles. The standard InChI is InChI=1S/C15H20N2O3/c1-3-4-9-16-15(19)17-13-11-12(6-5-10-18)7-8-14(13)20-2/h7-8,11,18H,3-4,9-10H2,1-2H3,(H2,16,17,19). The molecule has 1 rings (SSSR count). The molecule has 0 bridgehead atoms. The van der Waals surface area contributed by atoms with Crippen LogP contribution in [0.1, 0.15) is 25.3 Å². The van der Waals surface area contributed by atoms with Crippen molar-refractivity contribution in [3.05, 3.63) is 23.8 Å². The number of unbranched alkanes of at least 4 members (excludes halogenated alkanes) is 1. The lowest BCUT2D eigenvalue weighted by Crippen LogP contribution is -2.29. The van der Waals surface area contributed by atoms with Crippen molar-refractivity contribution in [3.8, 4) is 17.6 Å². The van der Waals surface area contributed by atoms with Gasteiger partial charge in [-0.2, -0.15) is 0 Å². The van der Waals surface area contributed by atoms with Gasteiger partial charge < -0.3 is 20.5 Å². The van der Waals surface area contributed by atoms with E-state index in [1.807, 2.05) is 0 Å². The highest BCUT2D eigenvalue weighted by Gasteiger charge is 2.07. The number of methoxy groups -OCH3 is 1. The normalized spacial score (nSPS) is 9.35. The second-order valence-electron chi connectivity index (χ2n) is 4.11. The molecule has 1 aromatic rings. The van der Waals surface area contributed by atoms with Crippen LogP contribution in [0.5, 0.6) is 5.75 Å². The number of ether oxygens (including phenoxy) is 1. The molecule has 20 heavy (non-hydrogen) atoms. The Bertz CT molecular complexity index is 504. The van der Waals surface area contributed by atoms with Crippen LogP contribution in [0.15, 0.2) is 18.2 Å². The maximum Gasteiger partial charge on any atom is 0.319 e. The molecule has 0 aliphatic carbocycles. The molecule has 0 aliphatic rings. The van der Waals surface area contributed by atoms with Gasteiger partial charge in [-0.05, 0) is 24.6 Å². The third-order valence-corrected chi connectivity index (χ3v) is 2.58. The number of carbonyl (C=O) groups is 1. The van der Waals surface area contributed by atoms with Gasteiger partial charge in [-0.1, -0.05) is 25.2 Å². The quantitative estimate of drug-likeness (QED) is 0.569. The van der Waals surface area contributed by atoms with Crippen molar-refractivity contribution in [2.75, 3.05) is 25.6 Å². The van der Waals surface area contributed by atoms with E-state index in [-0.39, 0.29) is 12.6 Å².